The lowest BCUT2D eigenvalue weighted by Crippen LogP contribution is -2.50. The number of anilines is 1. The first-order chi connectivity index (χ1) is 16.2. The fraction of sp³-hybridized carbons (Fsp3) is 0.185. The molecule has 1 aromatic heterocycles. The van der Waals surface area contributed by atoms with E-state index in [0.29, 0.717) is 30.4 Å². The number of carbonyl (C=O) groups excluding carboxylic acids is 1. The van der Waals surface area contributed by atoms with Gasteiger partial charge in [-0.25, -0.2) is 4.98 Å². The Hall–Kier alpha value is -3.90. The second kappa shape index (κ2) is 9.30. The number of aromatic nitrogens is 1. The van der Waals surface area contributed by atoms with E-state index >= 15 is 0 Å². The van der Waals surface area contributed by atoms with E-state index in [2.05, 4.69) is 58.4 Å². The minimum absolute atomic E-state index is 0.107. The fourth-order valence-electron chi connectivity index (χ4n) is 4.41. The van der Waals surface area contributed by atoms with E-state index in [1.54, 1.807) is 12.1 Å². The zero-order chi connectivity index (χ0) is 22.6. The Labute approximate surface area is 193 Å². The molecule has 6 nitrogen and oxygen atoms in total. The molecular weight excluding hydrogens is 412 g/mol. The lowest BCUT2D eigenvalue weighted by Gasteiger charge is -2.39. The number of nitrogens with two attached hydrogens (primary N) is 1. The number of amides is 1. The molecule has 1 aliphatic heterocycles. The average molecular weight is 439 g/mol. The summed E-state index contributed by atoms with van der Waals surface area (Å²) in [5.74, 6) is 0.294. The molecule has 1 aliphatic rings. The summed E-state index contributed by atoms with van der Waals surface area (Å²) in [7, 11) is 0. The van der Waals surface area contributed by atoms with Gasteiger partial charge in [0, 0.05) is 37.4 Å². The normalized spacial score (nSPS) is 14.5. The third-order valence-electron chi connectivity index (χ3n) is 6.05. The van der Waals surface area contributed by atoms with E-state index in [1.165, 1.54) is 17.4 Å². The molecule has 3 aromatic carbocycles. The standard InChI is InChI=1S/C27H26N4O2/c28-23-13-7-12-22(18-23)26-29-24(19-33-26)27(32)31-16-14-30(15-17-31)25(20-8-3-1-4-9-20)21-10-5-2-6-11-21/h1-13,18-19,25H,14-17,28H2. The summed E-state index contributed by atoms with van der Waals surface area (Å²) in [5, 5.41) is 0. The average Bonchev–Trinajstić information content (AvgIpc) is 3.36. The van der Waals surface area contributed by atoms with E-state index in [0.717, 1.165) is 18.7 Å². The van der Waals surface area contributed by atoms with Crippen molar-refractivity contribution in [2.24, 2.45) is 0 Å². The highest BCUT2D eigenvalue weighted by Crippen LogP contribution is 2.30. The Morgan fingerprint density at radius 2 is 1.48 bits per heavy atom. The van der Waals surface area contributed by atoms with Gasteiger partial charge in [0.1, 0.15) is 6.26 Å². The van der Waals surface area contributed by atoms with Crippen LogP contribution in [0, 0.1) is 0 Å². The molecule has 0 saturated carbocycles. The van der Waals surface area contributed by atoms with Crippen LogP contribution in [0.2, 0.25) is 0 Å². The predicted molar refractivity (Wildman–Crippen MR) is 129 cm³/mol. The molecule has 0 unspecified atom stereocenters. The van der Waals surface area contributed by atoms with Crippen LogP contribution in [0.5, 0.6) is 0 Å². The number of rotatable bonds is 5. The van der Waals surface area contributed by atoms with E-state index < -0.39 is 0 Å². The summed E-state index contributed by atoms with van der Waals surface area (Å²) >= 11 is 0. The highest BCUT2D eigenvalue weighted by Gasteiger charge is 2.29. The molecule has 0 aliphatic carbocycles. The van der Waals surface area contributed by atoms with Crippen molar-refractivity contribution in [2.75, 3.05) is 31.9 Å². The van der Waals surface area contributed by atoms with Gasteiger partial charge in [0.25, 0.3) is 5.91 Å². The topological polar surface area (TPSA) is 75.6 Å². The van der Waals surface area contributed by atoms with Gasteiger partial charge in [0.05, 0.1) is 6.04 Å². The largest absolute Gasteiger partial charge is 0.444 e. The van der Waals surface area contributed by atoms with Crippen molar-refractivity contribution in [3.05, 3.63) is 108 Å². The molecular formula is C27H26N4O2. The van der Waals surface area contributed by atoms with Crippen LogP contribution in [0.1, 0.15) is 27.7 Å². The number of hydrogen-bond donors (Lipinski definition) is 1. The Kier molecular flexibility index (Phi) is 5.91. The molecule has 1 fully saturated rings. The molecule has 2 heterocycles. The molecule has 6 heteroatoms. The van der Waals surface area contributed by atoms with E-state index in [9.17, 15) is 4.79 Å². The van der Waals surface area contributed by atoms with E-state index in [4.69, 9.17) is 10.2 Å². The lowest BCUT2D eigenvalue weighted by atomic mass is 9.96. The van der Waals surface area contributed by atoms with Crippen LogP contribution >= 0.6 is 0 Å². The zero-order valence-corrected chi connectivity index (χ0v) is 18.3. The highest BCUT2D eigenvalue weighted by molar-refractivity contribution is 5.92. The van der Waals surface area contributed by atoms with Crippen molar-refractivity contribution >= 4 is 11.6 Å². The number of hydrogen-bond acceptors (Lipinski definition) is 5. The van der Waals surface area contributed by atoms with Crippen molar-refractivity contribution in [1.29, 1.82) is 0 Å². The summed E-state index contributed by atoms with van der Waals surface area (Å²) in [4.78, 5) is 21.8. The van der Waals surface area contributed by atoms with Gasteiger partial charge in [-0.1, -0.05) is 66.7 Å². The summed E-state index contributed by atoms with van der Waals surface area (Å²) in [5.41, 5.74) is 10.1. The number of piperazine rings is 1. The molecule has 33 heavy (non-hydrogen) atoms. The van der Waals surface area contributed by atoms with Crippen LogP contribution in [-0.2, 0) is 0 Å². The molecule has 5 rings (SSSR count). The van der Waals surface area contributed by atoms with Gasteiger partial charge in [-0.15, -0.1) is 0 Å². The Morgan fingerprint density at radius 3 is 2.09 bits per heavy atom. The monoisotopic (exact) mass is 438 g/mol. The van der Waals surface area contributed by atoms with Gasteiger partial charge < -0.3 is 15.1 Å². The van der Waals surface area contributed by atoms with Crippen LogP contribution in [0.4, 0.5) is 5.69 Å². The number of nitrogen functional groups attached to an aromatic ring is 1. The van der Waals surface area contributed by atoms with Gasteiger partial charge in [-0.05, 0) is 29.3 Å². The number of benzene rings is 3. The molecule has 0 atom stereocenters. The van der Waals surface area contributed by atoms with Crippen LogP contribution in [0.3, 0.4) is 0 Å². The molecule has 0 radical (unpaired) electrons. The van der Waals surface area contributed by atoms with Gasteiger partial charge >= 0.3 is 0 Å². The van der Waals surface area contributed by atoms with Crippen LogP contribution in [0.25, 0.3) is 11.5 Å². The maximum Gasteiger partial charge on any atom is 0.275 e. The Morgan fingerprint density at radius 1 is 0.848 bits per heavy atom. The number of carbonyl (C=O) groups is 1. The second-order valence-corrected chi connectivity index (χ2v) is 8.22. The molecule has 1 amide bonds. The van der Waals surface area contributed by atoms with Gasteiger partial charge in [0.2, 0.25) is 5.89 Å². The molecule has 0 bridgehead atoms. The predicted octanol–water partition coefficient (Wildman–Crippen LogP) is 4.47. The van der Waals surface area contributed by atoms with Gasteiger partial charge in [0.15, 0.2) is 5.69 Å². The zero-order valence-electron chi connectivity index (χ0n) is 18.3. The van der Waals surface area contributed by atoms with Gasteiger partial charge in [-0.2, -0.15) is 0 Å². The van der Waals surface area contributed by atoms with Crippen molar-refractivity contribution in [3.8, 4) is 11.5 Å². The quantitative estimate of drug-likeness (QED) is 0.465. The van der Waals surface area contributed by atoms with Crippen LogP contribution < -0.4 is 5.73 Å². The van der Waals surface area contributed by atoms with Gasteiger partial charge in [-0.3, -0.25) is 9.69 Å². The first kappa shape index (κ1) is 21.0. The van der Waals surface area contributed by atoms with Crippen LogP contribution in [-0.4, -0.2) is 46.9 Å². The molecule has 1 saturated heterocycles. The molecule has 2 N–H and O–H groups in total. The maximum atomic E-state index is 13.1. The van der Waals surface area contributed by atoms with E-state index in [1.807, 2.05) is 29.2 Å². The molecule has 0 spiro atoms. The van der Waals surface area contributed by atoms with Crippen molar-refractivity contribution < 1.29 is 9.21 Å². The summed E-state index contributed by atoms with van der Waals surface area (Å²) in [6, 6.07) is 28.5. The third kappa shape index (κ3) is 4.52. The third-order valence-corrected chi connectivity index (χ3v) is 6.05. The second-order valence-electron chi connectivity index (χ2n) is 8.22. The number of oxazole rings is 1. The SMILES string of the molecule is Nc1cccc(-c2nc(C(=O)N3CCN(C(c4ccccc4)c4ccccc4)CC3)co2)c1. The minimum Gasteiger partial charge on any atom is -0.444 e. The maximum absolute atomic E-state index is 13.1. The Balaban J connectivity index is 1.30. The highest BCUT2D eigenvalue weighted by atomic mass is 16.3. The van der Waals surface area contributed by atoms with Crippen molar-refractivity contribution in [2.45, 2.75) is 6.04 Å². The first-order valence-corrected chi connectivity index (χ1v) is 11.1. The molecule has 166 valence electrons. The van der Waals surface area contributed by atoms with Crippen LogP contribution in [0.15, 0.2) is 95.6 Å². The summed E-state index contributed by atoms with van der Waals surface area (Å²) < 4.78 is 5.57. The minimum atomic E-state index is -0.107. The van der Waals surface area contributed by atoms with Crippen molar-refractivity contribution in [3.63, 3.8) is 0 Å². The van der Waals surface area contributed by atoms with E-state index in [-0.39, 0.29) is 11.9 Å². The summed E-state index contributed by atoms with van der Waals surface area (Å²) in [6.45, 7) is 2.82. The first-order valence-electron chi connectivity index (χ1n) is 11.1. The number of nitrogens with zero attached hydrogens (tertiary/aromatic N) is 3. The Bertz CT molecular complexity index is 1180. The molecule has 4 aromatic rings. The fourth-order valence-corrected chi connectivity index (χ4v) is 4.41. The smallest absolute Gasteiger partial charge is 0.275 e. The van der Waals surface area contributed by atoms with Crippen molar-refractivity contribution in [1.82, 2.24) is 14.8 Å². The lowest BCUT2D eigenvalue weighted by molar-refractivity contribution is 0.0592. The summed E-state index contributed by atoms with van der Waals surface area (Å²) in [6.07, 6.45) is 1.43.